The van der Waals surface area contributed by atoms with Crippen LogP contribution in [0.2, 0.25) is 0 Å². The summed E-state index contributed by atoms with van der Waals surface area (Å²) in [5.41, 5.74) is 0.933. The van der Waals surface area contributed by atoms with Crippen molar-refractivity contribution in [3.05, 3.63) is 35.2 Å². The van der Waals surface area contributed by atoms with E-state index >= 15 is 0 Å². The third-order valence-corrected chi connectivity index (χ3v) is 5.71. The van der Waals surface area contributed by atoms with Crippen LogP contribution >= 0.6 is 11.3 Å². The summed E-state index contributed by atoms with van der Waals surface area (Å²) in [6, 6.07) is 5.88. The Balaban J connectivity index is 1.23. The molecule has 4 heterocycles. The van der Waals surface area contributed by atoms with Crippen molar-refractivity contribution in [2.75, 3.05) is 44.2 Å². The second kappa shape index (κ2) is 9.32. The lowest BCUT2D eigenvalue weighted by Gasteiger charge is -2.34. The smallest absolute Gasteiger partial charge is 0.228 e. The molecule has 1 saturated heterocycles. The van der Waals surface area contributed by atoms with Crippen LogP contribution in [-0.4, -0.2) is 64.3 Å². The SMILES string of the molecule is CCOc1cc(C)nc(N2CCN(CCCc3nc(-c4cccs4)no3)CC2)n1. The number of rotatable bonds is 8. The number of aryl methyl sites for hydroxylation is 2. The van der Waals surface area contributed by atoms with E-state index in [1.54, 1.807) is 11.3 Å². The Labute approximate surface area is 174 Å². The van der Waals surface area contributed by atoms with Gasteiger partial charge in [-0.05, 0) is 38.3 Å². The highest BCUT2D eigenvalue weighted by atomic mass is 32.1. The molecule has 0 bridgehead atoms. The highest BCUT2D eigenvalue weighted by molar-refractivity contribution is 7.13. The van der Waals surface area contributed by atoms with Crippen LogP contribution in [0.5, 0.6) is 5.88 Å². The predicted molar refractivity (Wildman–Crippen MR) is 113 cm³/mol. The van der Waals surface area contributed by atoms with Crippen LogP contribution in [0.4, 0.5) is 5.95 Å². The Morgan fingerprint density at radius 1 is 1.17 bits per heavy atom. The zero-order valence-corrected chi connectivity index (χ0v) is 17.7. The third-order valence-electron chi connectivity index (χ3n) is 4.84. The van der Waals surface area contributed by atoms with Crippen molar-refractivity contribution >= 4 is 17.3 Å². The molecular formula is C20H26N6O2S. The molecule has 3 aromatic heterocycles. The molecule has 0 saturated carbocycles. The van der Waals surface area contributed by atoms with E-state index in [9.17, 15) is 0 Å². The van der Waals surface area contributed by atoms with Gasteiger partial charge in [-0.1, -0.05) is 11.2 Å². The second-order valence-corrected chi connectivity index (χ2v) is 7.95. The van der Waals surface area contributed by atoms with Crippen molar-refractivity contribution in [2.45, 2.75) is 26.7 Å². The first-order valence-electron chi connectivity index (χ1n) is 10.0. The molecule has 0 radical (unpaired) electrons. The first kappa shape index (κ1) is 19.8. The van der Waals surface area contributed by atoms with Crippen LogP contribution < -0.4 is 9.64 Å². The maximum Gasteiger partial charge on any atom is 0.228 e. The highest BCUT2D eigenvalue weighted by Crippen LogP contribution is 2.22. The lowest BCUT2D eigenvalue weighted by molar-refractivity contribution is 0.249. The highest BCUT2D eigenvalue weighted by Gasteiger charge is 2.20. The molecule has 3 aromatic rings. The minimum Gasteiger partial charge on any atom is -0.478 e. The van der Waals surface area contributed by atoms with Gasteiger partial charge in [-0.25, -0.2) is 4.98 Å². The minimum absolute atomic E-state index is 0.610. The summed E-state index contributed by atoms with van der Waals surface area (Å²) in [7, 11) is 0. The molecule has 1 aliphatic rings. The van der Waals surface area contributed by atoms with E-state index in [1.165, 1.54) is 0 Å². The standard InChI is InChI=1S/C20H26N6O2S/c1-3-27-18-14-15(2)21-20(23-18)26-11-9-25(10-12-26)8-4-7-17-22-19(24-28-17)16-6-5-13-29-16/h5-6,13-14H,3-4,7-12H2,1-2H3. The third kappa shape index (κ3) is 5.10. The number of hydrogen-bond donors (Lipinski definition) is 0. The van der Waals surface area contributed by atoms with E-state index in [0.717, 1.165) is 62.1 Å². The minimum atomic E-state index is 0.610. The van der Waals surface area contributed by atoms with Crippen LogP contribution in [0, 0.1) is 6.92 Å². The molecule has 0 aliphatic carbocycles. The summed E-state index contributed by atoms with van der Waals surface area (Å²) >= 11 is 1.62. The van der Waals surface area contributed by atoms with Gasteiger partial charge in [-0.15, -0.1) is 11.3 Å². The van der Waals surface area contributed by atoms with Crippen molar-refractivity contribution in [1.82, 2.24) is 25.0 Å². The quantitative estimate of drug-likeness (QED) is 0.556. The summed E-state index contributed by atoms with van der Waals surface area (Å²) in [6.45, 7) is 9.38. The van der Waals surface area contributed by atoms with Gasteiger partial charge in [0.15, 0.2) is 0 Å². The zero-order valence-electron chi connectivity index (χ0n) is 16.9. The first-order chi connectivity index (χ1) is 14.2. The molecule has 9 heteroatoms. The molecule has 1 aliphatic heterocycles. The van der Waals surface area contributed by atoms with Crippen molar-refractivity contribution in [2.24, 2.45) is 0 Å². The van der Waals surface area contributed by atoms with E-state index in [-0.39, 0.29) is 0 Å². The van der Waals surface area contributed by atoms with Gasteiger partial charge in [0.2, 0.25) is 23.5 Å². The van der Waals surface area contributed by atoms with Crippen LogP contribution in [0.1, 0.15) is 24.9 Å². The summed E-state index contributed by atoms with van der Waals surface area (Å²) in [5, 5.41) is 6.09. The molecule has 0 atom stereocenters. The Kier molecular flexibility index (Phi) is 6.36. The molecule has 0 spiro atoms. The fourth-order valence-corrected chi connectivity index (χ4v) is 4.02. The maximum atomic E-state index is 5.55. The van der Waals surface area contributed by atoms with Gasteiger partial charge in [0.25, 0.3) is 0 Å². The summed E-state index contributed by atoms with van der Waals surface area (Å²) in [6.07, 6.45) is 1.80. The first-order valence-corrected chi connectivity index (χ1v) is 10.9. The lowest BCUT2D eigenvalue weighted by Crippen LogP contribution is -2.47. The van der Waals surface area contributed by atoms with Crippen molar-refractivity contribution < 1.29 is 9.26 Å². The van der Waals surface area contributed by atoms with Gasteiger partial charge in [0.1, 0.15) is 0 Å². The molecule has 8 nitrogen and oxygen atoms in total. The van der Waals surface area contributed by atoms with Gasteiger partial charge in [0, 0.05) is 44.4 Å². The molecule has 154 valence electrons. The fraction of sp³-hybridized carbons (Fsp3) is 0.500. The molecule has 0 N–H and O–H groups in total. The average molecular weight is 415 g/mol. The average Bonchev–Trinajstić information content (AvgIpc) is 3.40. The van der Waals surface area contributed by atoms with E-state index < -0.39 is 0 Å². The summed E-state index contributed by atoms with van der Waals surface area (Å²) < 4.78 is 10.9. The second-order valence-electron chi connectivity index (χ2n) is 7.00. The number of anilines is 1. The topological polar surface area (TPSA) is 80.4 Å². The number of piperazine rings is 1. The van der Waals surface area contributed by atoms with Gasteiger partial charge in [-0.3, -0.25) is 4.90 Å². The number of nitrogens with zero attached hydrogens (tertiary/aromatic N) is 6. The van der Waals surface area contributed by atoms with Crippen LogP contribution in [0.25, 0.3) is 10.7 Å². The Morgan fingerprint density at radius 2 is 2.03 bits per heavy atom. The molecule has 4 rings (SSSR count). The van der Waals surface area contributed by atoms with Crippen LogP contribution in [0.15, 0.2) is 28.1 Å². The van der Waals surface area contributed by atoms with Crippen molar-refractivity contribution in [3.8, 4) is 16.6 Å². The van der Waals surface area contributed by atoms with E-state index in [1.807, 2.05) is 37.4 Å². The predicted octanol–water partition coefficient (Wildman–Crippen LogP) is 3.05. The number of aromatic nitrogens is 4. The largest absolute Gasteiger partial charge is 0.478 e. The molecule has 29 heavy (non-hydrogen) atoms. The summed E-state index contributed by atoms with van der Waals surface area (Å²) in [4.78, 5) is 19.4. The Hall–Kier alpha value is -2.52. The molecule has 0 aromatic carbocycles. The van der Waals surface area contributed by atoms with Crippen LogP contribution in [0.3, 0.4) is 0 Å². The van der Waals surface area contributed by atoms with Gasteiger partial charge in [0.05, 0.1) is 11.5 Å². The molecule has 1 fully saturated rings. The van der Waals surface area contributed by atoms with E-state index in [2.05, 4.69) is 29.9 Å². The van der Waals surface area contributed by atoms with Crippen molar-refractivity contribution in [3.63, 3.8) is 0 Å². The number of ether oxygens (including phenoxy) is 1. The van der Waals surface area contributed by atoms with Gasteiger partial charge < -0.3 is 14.2 Å². The van der Waals surface area contributed by atoms with Crippen LogP contribution in [-0.2, 0) is 6.42 Å². The maximum absolute atomic E-state index is 5.55. The zero-order chi connectivity index (χ0) is 20.1. The molecular weight excluding hydrogens is 388 g/mol. The number of thiophene rings is 1. The van der Waals surface area contributed by atoms with Crippen molar-refractivity contribution in [1.29, 1.82) is 0 Å². The van der Waals surface area contributed by atoms with Gasteiger partial charge in [-0.2, -0.15) is 9.97 Å². The summed E-state index contributed by atoms with van der Waals surface area (Å²) in [5.74, 6) is 2.82. The fourth-order valence-electron chi connectivity index (χ4n) is 3.38. The van der Waals surface area contributed by atoms with E-state index in [4.69, 9.17) is 9.26 Å². The Morgan fingerprint density at radius 3 is 2.79 bits per heavy atom. The number of hydrogen-bond acceptors (Lipinski definition) is 9. The van der Waals surface area contributed by atoms with Gasteiger partial charge >= 0.3 is 0 Å². The molecule has 0 amide bonds. The monoisotopic (exact) mass is 414 g/mol. The lowest BCUT2D eigenvalue weighted by atomic mass is 10.2. The molecule has 0 unspecified atom stereocenters. The Bertz CT molecular complexity index is 906. The van der Waals surface area contributed by atoms with E-state index in [0.29, 0.717) is 24.2 Å². The normalized spacial score (nSPS) is 15.0.